The SMILES string of the molecule is O=C(O)[C@H](O)[C@@H](O)C(=O)NCCCc1ccccc1. The Morgan fingerprint density at radius 1 is 1.11 bits per heavy atom. The molecule has 0 unspecified atom stereocenters. The number of carbonyl (C=O) groups excluding carboxylic acids is 1. The Kier molecular flexibility index (Phi) is 5.98. The van der Waals surface area contributed by atoms with Crippen LogP contribution in [-0.2, 0) is 16.0 Å². The molecule has 1 aromatic rings. The van der Waals surface area contributed by atoms with Crippen LogP contribution < -0.4 is 5.32 Å². The monoisotopic (exact) mass is 267 g/mol. The second-order valence-corrected chi connectivity index (χ2v) is 4.11. The molecule has 0 aromatic heterocycles. The lowest BCUT2D eigenvalue weighted by Gasteiger charge is -2.13. The number of rotatable bonds is 7. The summed E-state index contributed by atoms with van der Waals surface area (Å²) in [7, 11) is 0. The van der Waals surface area contributed by atoms with E-state index in [0.29, 0.717) is 13.0 Å². The minimum Gasteiger partial charge on any atom is -0.479 e. The summed E-state index contributed by atoms with van der Waals surface area (Å²) in [5, 5.41) is 29.0. The van der Waals surface area contributed by atoms with E-state index < -0.39 is 24.1 Å². The fourth-order valence-electron chi connectivity index (χ4n) is 1.53. The fourth-order valence-corrected chi connectivity index (χ4v) is 1.53. The van der Waals surface area contributed by atoms with Crippen LogP contribution in [0.1, 0.15) is 12.0 Å². The van der Waals surface area contributed by atoms with Crippen LogP contribution in [0.4, 0.5) is 0 Å². The van der Waals surface area contributed by atoms with Gasteiger partial charge in [0.05, 0.1) is 0 Å². The van der Waals surface area contributed by atoms with Crippen LogP contribution >= 0.6 is 0 Å². The van der Waals surface area contributed by atoms with E-state index in [2.05, 4.69) is 5.32 Å². The zero-order valence-electron chi connectivity index (χ0n) is 10.3. The standard InChI is InChI=1S/C13H17NO5/c15-10(11(16)13(18)19)12(17)14-8-4-7-9-5-2-1-3-6-9/h1-3,5-6,10-11,15-16H,4,7-8H2,(H,14,17)(H,18,19)/t10-,11-/m1/s1. The van der Waals surface area contributed by atoms with Gasteiger partial charge in [-0.15, -0.1) is 0 Å². The lowest BCUT2D eigenvalue weighted by atomic mass is 10.1. The summed E-state index contributed by atoms with van der Waals surface area (Å²) in [5.74, 6) is -2.52. The summed E-state index contributed by atoms with van der Waals surface area (Å²) < 4.78 is 0. The van der Waals surface area contributed by atoms with Gasteiger partial charge in [-0.1, -0.05) is 30.3 Å². The lowest BCUT2D eigenvalue weighted by molar-refractivity contribution is -0.158. The number of aliphatic hydroxyl groups excluding tert-OH is 2. The van der Waals surface area contributed by atoms with E-state index >= 15 is 0 Å². The molecule has 0 heterocycles. The van der Waals surface area contributed by atoms with Gasteiger partial charge < -0.3 is 20.6 Å². The normalized spacial score (nSPS) is 13.6. The van der Waals surface area contributed by atoms with Crippen molar-refractivity contribution >= 4 is 11.9 Å². The summed E-state index contributed by atoms with van der Waals surface area (Å²) >= 11 is 0. The van der Waals surface area contributed by atoms with Gasteiger partial charge >= 0.3 is 5.97 Å². The van der Waals surface area contributed by atoms with Crippen LogP contribution in [0.15, 0.2) is 30.3 Å². The summed E-state index contributed by atoms with van der Waals surface area (Å²) in [6.45, 7) is 0.303. The third-order valence-corrected chi connectivity index (χ3v) is 2.61. The Morgan fingerprint density at radius 2 is 1.74 bits per heavy atom. The van der Waals surface area contributed by atoms with E-state index in [0.717, 1.165) is 12.0 Å². The van der Waals surface area contributed by atoms with Crippen molar-refractivity contribution < 1.29 is 24.9 Å². The van der Waals surface area contributed by atoms with Gasteiger partial charge in [0.15, 0.2) is 12.2 Å². The van der Waals surface area contributed by atoms with E-state index in [1.165, 1.54) is 0 Å². The first-order valence-corrected chi connectivity index (χ1v) is 5.93. The third-order valence-electron chi connectivity index (χ3n) is 2.61. The first-order chi connectivity index (χ1) is 9.02. The van der Waals surface area contributed by atoms with Gasteiger partial charge in [0, 0.05) is 6.54 Å². The number of hydrogen-bond donors (Lipinski definition) is 4. The molecule has 1 rings (SSSR count). The molecule has 104 valence electrons. The largest absolute Gasteiger partial charge is 0.479 e. The predicted octanol–water partition coefficient (Wildman–Crippen LogP) is -0.458. The Bertz CT molecular complexity index is 420. The average molecular weight is 267 g/mol. The number of carboxylic acids is 1. The predicted molar refractivity (Wildman–Crippen MR) is 67.4 cm³/mol. The molecule has 0 aliphatic heterocycles. The van der Waals surface area contributed by atoms with E-state index in [4.69, 9.17) is 10.2 Å². The van der Waals surface area contributed by atoms with Crippen LogP contribution in [0.5, 0.6) is 0 Å². The van der Waals surface area contributed by atoms with Gasteiger partial charge in [0.1, 0.15) is 0 Å². The number of benzene rings is 1. The molecule has 0 saturated carbocycles. The molecule has 1 amide bonds. The number of aliphatic carboxylic acids is 1. The highest BCUT2D eigenvalue weighted by atomic mass is 16.4. The van der Waals surface area contributed by atoms with Gasteiger partial charge in [-0.05, 0) is 18.4 Å². The molecule has 0 fully saturated rings. The molecule has 0 spiro atoms. The molecule has 2 atom stereocenters. The molecular weight excluding hydrogens is 250 g/mol. The molecular formula is C13H17NO5. The van der Waals surface area contributed by atoms with E-state index in [1.807, 2.05) is 30.3 Å². The number of aryl methyl sites for hydroxylation is 1. The summed E-state index contributed by atoms with van der Waals surface area (Å²) in [4.78, 5) is 21.7. The van der Waals surface area contributed by atoms with Crippen molar-refractivity contribution in [3.8, 4) is 0 Å². The van der Waals surface area contributed by atoms with Gasteiger partial charge in [0.2, 0.25) is 0 Å². The number of aliphatic hydroxyl groups is 2. The van der Waals surface area contributed by atoms with Gasteiger partial charge in [-0.3, -0.25) is 4.79 Å². The van der Waals surface area contributed by atoms with E-state index in [1.54, 1.807) is 0 Å². The molecule has 6 nitrogen and oxygen atoms in total. The summed E-state index contributed by atoms with van der Waals surface area (Å²) in [5.41, 5.74) is 1.13. The summed E-state index contributed by atoms with van der Waals surface area (Å²) in [6, 6.07) is 9.67. The maximum absolute atomic E-state index is 11.3. The highest BCUT2D eigenvalue weighted by Crippen LogP contribution is 2.01. The Labute approximate surface area is 110 Å². The smallest absolute Gasteiger partial charge is 0.335 e. The molecule has 0 saturated heterocycles. The molecule has 0 aliphatic carbocycles. The third kappa shape index (κ3) is 5.07. The van der Waals surface area contributed by atoms with Crippen molar-refractivity contribution in [2.75, 3.05) is 6.54 Å². The molecule has 0 aliphatic rings. The fraction of sp³-hybridized carbons (Fsp3) is 0.385. The van der Waals surface area contributed by atoms with E-state index in [9.17, 15) is 14.7 Å². The average Bonchev–Trinajstić information content (AvgIpc) is 2.42. The number of carbonyl (C=O) groups is 2. The Morgan fingerprint density at radius 3 is 2.32 bits per heavy atom. The van der Waals surface area contributed by atoms with Gasteiger partial charge in [-0.25, -0.2) is 4.79 Å². The lowest BCUT2D eigenvalue weighted by Crippen LogP contribution is -2.45. The topological polar surface area (TPSA) is 107 Å². The maximum atomic E-state index is 11.3. The number of nitrogens with one attached hydrogen (secondary N) is 1. The number of carboxylic acid groups (broad SMARTS) is 1. The van der Waals surface area contributed by atoms with E-state index in [-0.39, 0.29) is 0 Å². The van der Waals surface area contributed by atoms with Crippen LogP contribution in [0.3, 0.4) is 0 Å². The molecule has 1 aromatic carbocycles. The van der Waals surface area contributed by atoms with Crippen molar-refractivity contribution in [1.82, 2.24) is 5.32 Å². The Balaban J connectivity index is 2.26. The highest BCUT2D eigenvalue weighted by molar-refractivity contribution is 5.87. The molecule has 0 radical (unpaired) electrons. The zero-order chi connectivity index (χ0) is 14.3. The highest BCUT2D eigenvalue weighted by Gasteiger charge is 2.29. The second-order valence-electron chi connectivity index (χ2n) is 4.11. The quantitative estimate of drug-likeness (QED) is 0.500. The first-order valence-electron chi connectivity index (χ1n) is 5.93. The number of hydrogen-bond acceptors (Lipinski definition) is 4. The van der Waals surface area contributed by atoms with Crippen molar-refractivity contribution in [2.24, 2.45) is 0 Å². The van der Waals surface area contributed by atoms with Crippen molar-refractivity contribution in [3.05, 3.63) is 35.9 Å². The molecule has 19 heavy (non-hydrogen) atoms. The number of amides is 1. The Hall–Kier alpha value is -1.92. The molecule has 6 heteroatoms. The molecule has 0 bridgehead atoms. The van der Waals surface area contributed by atoms with Crippen LogP contribution in [0.2, 0.25) is 0 Å². The van der Waals surface area contributed by atoms with Crippen molar-refractivity contribution in [3.63, 3.8) is 0 Å². The van der Waals surface area contributed by atoms with Crippen molar-refractivity contribution in [2.45, 2.75) is 25.0 Å². The van der Waals surface area contributed by atoms with Crippen LogP contribution in [-0.4, -0.2) is 45.9 Å². The van der Waals surface area contributed by atoms with Gasteiger partial charge in [0.25, 0.3) is 5.91 Å². The molecule has 4 N–H and O–H groups in total. The summed E-state index contributed by atoms with van der Waals surface area (Å²) in [6.07, 6.45) is -2.63. The minimum atomic E-state index is -2.10. The second kappa shape index (κ2) is 7.50. The first kappa shape index (κ1) is 15.1. The van der Waals surface area contributed by atoms with Gasteiger partial charge in [-0.2, -0.15) is 0 Å². The zero-order valence-corrected chi connectivity index (χ0v) is 10.3. The maximum Gasteiger partial charge on any atom is 0.335 e. The van der Waals surface area contributed by atoms with Crippen LogP contribution in [0.25, 0.3) is 0 Å². The van der Waals surface area contributed by atoms with Crippen molar-refractivity contribution in [1.29, 1.82) is 0 Å². The van der Waals surface area contributed by atoms with Crippen LogP contribution in [0, 0.1) is 0 Å². The minimum absolute atomic E-state index is 0.303.